The lowest BCUT2D eigenvalue weighted by Gasteiger charge is -2.28. The van der Waals surface area contributed by atoms with E-state index in [0.717, 1.165) is 17.9 Å². The second-order valence-corrected chi connectivity index (χ2v) is 4.88. The summed E-state index contributed by atoms with van der Waals surface area (Å²) in [6.45, 7) is 3.33. The van der Waals surface area contributed by atoms with Crippen LogP contribution in [0.1, 0.15) is 39.0 Å². The Bertz CT molecular complexity index is 343. The molecule has 0 atom stereocenters. The van der Waals surface area contributed by atoms with Crippen LogP contribution in [-0.2, 0) is 0 Å². The van der Waals surface area contributed by atoms with Gasteiger partial charge in [0.05, 0.1) is 17.6 Å². The van der Waals surface area contributed by atoms with Crippen molar-refractivity contribution in [2.45, 2.75) is 39.0 Å². The van der Waals surface area contributed by atoms with Crippen LogP contribution in [0.25, 0.3) is 0 Å². The molecule has 1 aliphatic rings. The lowest BCUT2D eigenvalue weighted by Crippen LogP contribution is -2.26. The number of hydrogen-bond acceptors (Lipinski definition) is 3. The van der Waals surface area contributed by atoms with Gasteiger partial charge in [-0.2, -0.15) is 0 Å². The van der Waals surface area contributed by atoms with E-state index in [2.05, 4.69) is 17.2 Å². The molecule has 0 saturated heterocycles. The Morgan fingerprint density at radius 2 is 2.19 bits per heavy atom. The molecule has 0 aromatic carbocycles. The van der Waals surface area contributed by atoms with Gasteiger partial charge in [-0.25, -0.2) is 0 Å². The molecule has 1 aliphatic carbocycles. The molecule has 0 unspecified atom stereocenters. The minimum atomic E-state index is 0.496. The Labute approximate surface area is 97.5 Å². The van der Waals surface area contributed by atoms with Crippen LogP contribution in [-0.4, -0.2) is 11.5 Å². The molecule has 1 fully saturated rings. The summed E-state index contributed by atoms with van der Waals surface area (Å²) in [5.41, 5.74) is 8.13. The molecule has 3 N–H and O–H groups in total. The maximum absolute atomic E-state index is 5.86. The molecule has 1 aromatic heterocycles. The lowest BCUT2D eigenvalue weighted by atomic mass is 9.83. The van der Waals surface area contributed by atoms with Crippen LogP contribution < -0.4 is 11.1 Å². The van der Waals surface area contributed by atoms with Crippen molar-refractivity contribution in [1.82, 2.24) is 4.98 Å². The van der Waals surface area contributed by atoms with Crippen LogP contribution >= 0.6 is 0 Å². The van der Waals surface area contributed by atoms with E-state index in [1.807, 2.05) is 6.07 Å². The van der Waals surface area contributed by atoms with Crippen LogP contribution in [0, 0.1) is 5.41 Å². The topological polar surface area (TPSA) is 50.9 Å². The SMILES string of the molecule is CCC1(CNc2ccncc2N)CCCC1. The molecule has 1 saturated carbocycles. The van der Waals surface area contributed by atoms with Gasteiger partial charge in [-0.1, -0.05) is 19.8 Å². The van der Waals surface area contributed by atoms with Crippen molar-refractivity contribution in [1.29, 1.82) is 0 Å². The summed E-state index contributed by atoms with van der Waals surface area (Å²) in [7, 11) is 0. The first-order chi connectivity index (χ1) is 7.76. The number of nitrogens with zero attached hydrogens (tertiary/aromatic N) is 1. The molecule has 3 heteroatoms. The van der Waals surface area contributed by atoms with Crippen molar-refractivity contribution < 1.29 is 0 Å². The Balaban J connectivity index is 1.98. The summed E-state index contributed by atoms with van der Waals surface area (Å²) >= 11 is 0. The van der Waals surface area contributed by atoms with Crippen molar-refractivity contribution in [2.24, 2.45) is 5.41 Å². The largest absolute Gasteiger partial charge is 0.396 e. The molecule has 0 radical (unpaired) electrons. The Kier molecular flexibility index (Phi) is 3.32. The van der Waals surface area contributed by atoms with E-state index in [1.165, 1.54) is 32.1 Å². The van der Waals surface area contributed by atoms with Gasteiger partial charge in [-0.05, 0) is 30.7 Å². The monoisotopic (exact) mass is 219 g/mol. The molecule has 16 heavy (non-hydrogen) atoms. The van der Waals surface area contributed by atoms with Gasteiger partial charge >= 0.3 is 0 Å². The quantitative estimate of drug-likeness (QED) is 0.818. The van der Waals surface area contributed by atoms with Crippen molar-refractivity contribution in [2.75, 3.05) is 17.6 Å². The minimum absolute atomic E-state index is 0.496. The number of nitrogens with two attached hydrogens (primary N) is 1. The van der Waals surface area contributed by atoms with Crippen molar-refractivity contribution in [3.05, 3.63) is 18.5 Å². The highest BCUT2D eigenvalue weighted by Crippen LogP contribution is 2.41. The normalized spacial score (nSPS) is 18.6. The zero-order valence-corrected chi connectivity index (χ0v) is 10.00. The highest BCUT2D eigenvalue weighted by atomic mass is 14.9. The highest BCUT2D eigenvalue weighted by molar-refractivity contribution is 5.64. The van der Waals surface area contributed by atoms with Crippen molar-refractivity contribution >= 4 is 11.4 Å². The van der Waals surface area contributed by atoms with Crippen LogP contribution in [0.15, 0.2) is 18.5 Å². The number of pyridine rings is 1. The minimum Gasteiger partial charge on any atom is -0.396 e. The van der Waals surface area contributed by atoms with Crippen LogP contribution in [0.2, 0.25) is 0 Å². The third-order valence-corrected chi connectivity index (χ3v) is 3.92. The predicted octanol–water partition coefficient (Wildman–Crippen LogP) is 3.05. The van der Waals surface area contributed by atoms with E-state index >= 15 is 0 Å². The molecule has 0 spiro atoms. The standard InChI is InChI=1S/C13H21N3/c1-2-13(6-3-4-7-13)10-16-12-5-8-15-9-11(12)14/h5,8-9H,2-4,6-7,10,14H2,1H3,(H,15,16). The summed E-state index contributed by atoms with van der Waals surface area (Å²) in [6.07, 6.45) is 10.2. The van der Waals surface area contributed by atoms with Crippen molar-refractivity contribution in [3.63, 3.8) is 0 Å². The summed E-state index contributed by atoms with van der Waals surface area (Å²) in [4.78, 5) is 4.00. The Morgan fingerprint density at radius 3 is 2.81 bits per heavy atom. The van der Waals surface area contributed by atoms with Gasteiger partial charge in [0.15, 0.2) is 0 Å². The van der Waals surface area contributed by atoms with Crippen molar-refractivity contribution in [3.8, 4) is 0 Å². The van der Waals surface area contributed by atoms with Gasteiger partial charge in [-0.3, -0.25) is 4.98 Å². The third kappa shape index (κ3) is 2.29. The fourth-order valence-electron chi connectivity index (χ4n) is 2.63. The van der Waals surface area contributed by atoms with E-state index in [9.17, 15) is 0 Å². The summed E-state index contributed by atoms with van der Waals surface area (Å²) in [5, 5.41) is 3.48. The number of nitrogens with one attached hydrogen (secondary N) is 1. The number of nitrogen functional groups attached to an aromatic ring is 1. The van der Waals surface area contributed by atoms with Gasteiger partial charge in [-0.15, -0.1) is 0 Å². The van der Waals surface area contributed by atoms with Gasteiger partial charge in [0, 0.05) is 12.7 Å². The van der Waals surface area contributed by atoms with E-state index < -0.39 is 0 Å². The van der Waals surface area contributed by atoms with Gasteiger partial charge in [0.2, 0.25) is 0 Å². The lowest BCUT2D eigenvalue weighted by molar-refractivity contribution is 0.307. The molecule has 0 amide bonds. The molecule has 1 heterocycles. The van der Waals surface area contributed by atoms with E-state index in [1.54, 1.807) is 12.4 Å². The van der Waals surface area contributed by atoms with Gasteiger partial charge in [0.25, 0.3) is 0 Å². The fraction of sp³-hybridized carbons (Fsp3) is 0.615. The number of anilines is 2. The molecule has 3 nitrogen and oxygen atoms in total. The average molecular weight is 219 g/mol. The zero-order valence-electron chi connectivity index (χ0n) is 10.00. The summed E-state index contributed by atoms with van der Waals surface area (Å²) in [5.74, 6) is 0. The number of rotatable bonds is 4. The smallest absolute Gasteiger partial charge is 0.0736 e. The van der Waals surface area contributed by atoms with Gasteiger partial charge < -0.3 is 11.1 Å². The first kappa shape index (κ1) is 11.2. The van der Waals surface area contributed by atoms with Gasteiger partial charge in [0.1, 0.15) is 0 Å². The summed E-state index contributed by atoms with van der Waals surface area (Å²) < 4.78 is 0. The second kappa shape index (κ2) is 4.73. The molecule has 2 rings (SSSR count). The van der Waals surface area contributed by atoms with E-state index in [-0.39, 0.29) is 0 Å². The molecule has 0 aliphatic heterocycles. The zero-order chi connectivity index (χ0) is 11.4. The molecule has 1 aromatic rings. The molecular weight excluding hydrogens is 198 g/mol. The maximum Gasteiger partial charge on any atom is 0.0736 e. The second-order valence-electron chi connectivity index (χ2n) is 4.88. The molecule has 88 valence electrons. The van der Waals surface area contributed by atoms with Crippen LogP contribution in [0.3, 0.4) is 0 Å². The number of hydrogen-bond donors (Lipinski definition) is 2. The first-order valence-corrected chi connectivity index (χ1v) is 6.19. The molecule has 0 bridgehead atoms. The Morgan fingerprint density at radius 1 is 1.44 bits per heavy atom. The van der Waals surface area contributed by atoms with Crippen LogP contribution in [0.5, 0.6) is 0 Å². The average Bonchev–Trinajstić information content (AvgIpc) is 2.78. The summed E-state index contributed by atoms with van der Waals surface area (Å²) in [6, 6.07) is 1.95. The maximum atomic E-state index is 5.86. The van der Waals surface area contributed by atoms with Crippen LogP contribution in [0.4, 0.5) is 11.4 Å². The third-order valence-electron chi connectivity index (χ3n) is 3.92. The Hall–Kier alpha value is -1.25. The molecular formula is C13H21N3. The predicted molar refractivity (Wildman–Crippen MR) is 68.3 cm³/mol. The fourth-order valence-corrected chi connectivity index (χ4v) is 2.63. The first-order valence-electron chi connectivity index (χ1n) is 6.19. The van der Waals surface area contributed by atoms with E-state index in [0.29, 0.717) is 5.41 Å². The highest BCUT2D eigenvalue weighted by Gasteiger charge is 2.31. The number of aromatic nitrogens is 1. The van der Waals surface area contributed by atoms with E-state index in [4.69, 9.17) is 5.73 Å².